The zero-order valence-electron chi connectivity index (χ0n) is 12.3. The number of hydrogen-bond acceptors (Lipinski definition) is 4. The van der Waals surface area contributed by atoms with E-state index in [2.05, 4.69) is 13.8 Å². The Kier molecular flexibility index (Phi) is 3.13. The summed E-state index contributed by atoms with van der Waals surface area (Å²) in [6.07, 6.45) is 4.85. The summed E-state index contributed by atoms with van der Waals surface area (Å²) < 4.78 is 11.4. The fourth-order valence-corrected chi connectivity index (χ4v) is 3.41. The molecule has 1 aliphatic heterocycles. The monoisotopic (exact) mass is 266 g/mol. The first-order valence-corrected chi connectivity index (χ1v) is 6.72. The molecule has 3 unspecified atom stereocenters. The molecule has 2 fully saturated rings. The lowest BCUT2D eigenvalue weighted by molar-refractivity contribution is -0.151. The first kappa shape index (κ1) is 14.3. The lowest BCUT2D eigenvalue weighted by Gasteiger charge is -2.39. The molecule has 0 N–H and O–H groups in total. The van der Waals surface area contributed by atoms with E-state index >= 15 is 0 Å². The smallest absolute Gasteiger partial charge is 0.303 e. The number of fused-ring (bicyclic) bond motifs is 1. The summed E-state index contributed by atoms with van der Waals surface area (Å²) >= 11 is 0. The predicted octanol–water partition coefficient (Wildman–Crippen LogP) is 2.41. The third-order valence-electron chi connectivity index (χ3n) is 4.58. The van der Waals surface area contributed by atoms with Gasteiger partial charge in [-0.1, -0.05) is 13.8 Å². The normalized spacial score (nSPS) is 39.7. The predicted molar refractivity (Wildman–Crippen MR) is 70.6 cm³/mol. The average molecular weight is 266 g/mol. The van der Waals surface area contributed by atoms with E-state index in [9.17, 15) is 9.59 Å². The van der Waals surface area contributed by atoms with Gasteiger partial charge in [0.05, 0.1) is 0 Å². The molecule has 106 valence electrons. The fourth-order valence-electron chi connectivity index (χ4n) is 3.41. The highest BCUT2D eigenvalue weighted by molar-refractivity contribution is 5.87. The Morgan fingerprint density at radius 1 is 1.26 bits per heavy atom. The number of esters is 1. The molecule has 3 atom stereocenters. The molecule has 2 aliphatic rings. The molecule has 0 spiro atoms. The van der Waals surface area contributed by atoms with Gasteiger partial charge in [0.1, 0.15) is 17.3 Å². The first-order chi connectivity index (χ1) is 8.65. The molecule has 0 bridgehead atoms. The van der Waals surface area contributed by atoms with Crippen LogP contribution in [0.25, 0.3) is 0 Å². The second kappa shape index (κ2) is 4.17. The van der Waals surface area contributed by atoms with Gasteiger partial charge in [-0.2, -0.15) is 0 Å². The number of carbonyl (C=O) groups excluding carboxylic acids is 2. The molecular formula is C15H22O4. The van der Waals surface area contributed by atoms with Gasteiger partial charge in [0.15, 0.2) is 5.78 Å². The van der Waals surface area contributed by atoms with E-state index in [1.165, 1.54) is 13.8 Å². The summed E-state index contributed by atoms with van der Waals surface area (Å²) in [5.74, 6) is -0.288. The second-order valence-electron chi connectivity index (χ2n) is 6.41. The van der Waals surface area contributed by atoms with Gasteiger partial charge in [0.2, 0.25) is 0 Å². The van der Waals surface area contributed by atoms with Crippen molar-refractivity contribution in [1.29, 1.82) is 0 Å². The Labute approximate surface area is 114 Å². The molecule has 19 heavy (non-hydrogen) atoms. The molecule has 1 aliphatic carbocycles. The van der Waals surface area contributed by atoms with E-state index in [4.69, 9.17) is 9.47 Å². The van der Waals surface area contributed by atoms with Gasteiger partial charge < -0.3 is 9.47 Å². The van der Waals surface area contributed by atoms with Crippen molar-refractivity contribution in [3.63, 3.8) is 0 Å². The number of allylic oxidation sites excluding steroid dienone is 1. The van der Waals surface area contributed by atoms with Crippen molar-refractivity contribution in [3.8, 4) is 0 Å². The van der Waals surface area contributed by atoms with Crippen LogP contribution in [0, 0.1) is 5.41 Å². The van der Waals surface area contributed by atoms with Crippen molar-refractivity contribution in [2.45, 2.75) is 64.8 Å². The maximum atomic E-state index is 11.2. The van der Waals surface area contributed by atoms with Gasteiger partial charge in [-0.3, -0.25) is 9.59 Å². The molecule has 1 saturated carbocycles. The van der Waals surface area contributed by atoms with Crippen LogP contribution in [0.3, 0.4) is 0 Å². The minimum absolute atomic E-state index is 0.00219. The highest BCUT2D eigenvalue weighted by Gasteiger charge is 2.78. The Bertz CT molecular complexity index is 451. The van der Waals surface area contributed by atoms with Crippen LogP contribution >= 0.6 is 0 Å². The topological polar surface area (TPSA) is 55.9 Å². The number of hydrogen-bond donors (Lipinski definition) is 0. The summed E-state index contributed by atoms with van der Waals surface area (Å²) in [5.41, 5.74) is -1.11. The maximum Gasteiger partial charge on any atom is 0.303 e. The minimum atomic E-state index is -0.521. The van der Waals surface area contributed by atoms with Crippen LogP contribution in [0.15, 0.2) is 12.2 Å². The zero-order chi connectivity index (χ0) is 14.5. The van der Waals surface area contributed by atoms with Crippen molar-refractivity contribution >= 4 is 11.8 Å². The van der Waals surface area contributed by atoms with E-state index in [0.29, 0.717) is 0 Å². The molecule has 1 saturated heterocycles. The molecule has 0 aromatic carbocycles. The lowest BCUT2D eigenvalue weighted by atomic mass is 9.63. The third kappa shape index (κ3) is 2.02. The van der Waals surface area contributed by atoms with Crippen molar-refractivity contribution < 1.29 is 19.1 Å². The molecule has 0 aromatic rings. The van der Waals surface area contributed by atoms with Crippen LogP contribution in [0.5, 0.6) is 0 Å². The van der Waals surface area contributed by atoms with Crippen LogP contribution in [0.1, 0.15) is 47.5 Å². The number of rotatable bonds is 3. The number of carbonyl (C=O) groups is 2. The SMILES string of the molecule is CC(=O)/C=C/C12OC1(C)C(OC(C)=O)CCC2(C)C. The van der Waals surface area contributed by atoms with Gasteiger partial charge in [-0.25, -0.2) is 0 Å². The van der Waals surface area contributed by atoms with E-state index < -0.39 is 11.2 Å². The van der Waals surface area contributed by atoms with Gasteiger partial charge in [-0.15, -0.1) is 0 Å². The van der Waals surface area contributed by atoms with Gasteiger partial charge in [0, 0.05) is 12.3 Å². The standard InChI is InChI=1S/C15H22O4/c1-10(16)6-9-15-13(3,4)8-7-12(18-11(2)17)14(15,5)19-15/h6,9,12H,7-8H2,1-5H3/b9-6+. The number of epoxide rings is 1. The van der Waals surface area contributed by atoms with E-state index in [1.54, 1.807) is 6.08 Å². The highest BCUT2D eigenvalue weighted by atomic mass is 16.7. The van der Waals surface area contributed by atoms with Crippen LogP contribution in [-0.2, 0) is 19.1 Å². The third-order valence-corrected chi connectivity index (χ3v) is 4.58. The van der Waals surface area contributed by atoms with E-state index in [-0.39, 0.29) is 23.3 Å². The zero-order valence-corrected chi connectivity index (χ0v) is 12.3. The summed E-state index contributed by atoms with van der Waals surface area (Å²) in [4.78, 5) is 22.4. The van der Waals surface area contributed by atoms with Crippen LogP contribution in [-0.4, -0.2) is 29.1 Å². The van der Waals surface area contributed by atoms with Gasteiger partial charge >= 0.3 is 5.97 Å². The van der Waals surface area contributed by atoms with E-state index in [0.717, 1.165) is 12.8 Å². The van der Waals surface area contributed by atoms with Crippen LogP contribution in [0.4, 0.5) is 0 Å². The maximum absolute atomic E-state index is 11.2. The summed E-state index contributed by atoms with van der Waals surface area (Å²) in [6.45, 7) is 9.16. The molecule has 4 heteroatoms. The summed E-state index contributed by atoms with van der Waals surface area (Å²) in [7, 11) is 0. The average Bonchev–Trinajstić information content (AvgIpc) is 2.90. The lowest BCUT2D eigenvalue weighted by Crippen LogP contribution is -2.49. The van der Waals surface area contributed by atoms with Crippen LogP contribution < -0.4 is 0 Å². The van der Waals surface area contributed by atoms with Crippen LogP contribution in [0.2, 0.25) is 0 Å². The summed E-state index contributed by atoms with van der Waals surface area (Å²) in [5, 5.41) is 0. The number of ketones is 1. The second-order valence-corrected chi connectivity index (χ2v) is 6.41. The Morgan fingerprint density at radius 2 is 1.89 bits per heavy atom. The minimum Gasteiger partial charge on any atom is -0.459 e. The van der Waals surface area contributed by atoms with Crippen molar-refractivity contribution in [1.82, 2.24) is 0 Å². The molecule has 1 heterocycles. The Hall–Kier alpha value is -1.16. The van der Waals surface area contributed by atoms with Gasteiger partial charge in [0.25, 0.3) is 0 Å². The molecular weight excluding hydrogens is 244 g/mol. The Morgan fingerprint density at radius 3 is 2.42 bits per heavy atom. The summed E-state index contributed by atoms with van der Waals surface area (Å²) in [6, 6.07) is 0. The van der Waals surface area contributed by atoms with Crippen molar-refractivity contribution in [2.24, 2.45) is 5.41 Å². The Balaban J connectivity index is 2.31. The molecule has 0 amide bonds. The number of ether oxygens (including phenoxy) is 2. The quantitative estimate of drug-likeness (QED) is 0.447. The largest absolute Gasteiger partial charge is 0.459 e. The first-order valence-electron chi connectivity index (χ1n) is 6.72. The van der Waals surface area contributed by atoms with Crippen molar-refractivity contribution in [2.75, 3.05) is 0 Å². The van der Waals surface area contributed by atoms with Crippen molar-refractivity contribution in [3.05, 3.63) is 12.2 Å². The molecule has 4 nitrogen and oxygen atoms in total. The highest BCUT2D eigenvalue weighted by Crippen LogP contribution is 2.66. The van der Waals surface area contributed by atoms with E-state index in [1.807, 2.05) is 13.0 Å². The molecule has 0 aromatic heterocycles. The molecule has 0 radical (unpaired) electrons. The van der Waals surface area contributed by atoms with Gasteiger partial charge in [-0.05, 0) is 38.8 Å². The molecule has 2 rings (SSSR count). The fraction of sp³-hybridized carbons (Fsp3) is 0.733.